The molecule has 0 radical (unpaired) electrons. The number of aliphatic hydroxyl groups excluding tert-OH is 3. The summed E-state index contributed by atoms with van der Waals surface area (Å²) in [6.07, 6.45) is -10.9. The van der Waals surface area contributed by atoms with Crippen molar-refractivity contribution in [3.8, 4) is 0 Å². The van der Waals surface area contributed by atoms with Gasteiger partial charge in [-0.25, -0.2) is 58.4 Å². The minimum Gasteiger partial charge on any atom is -0.394 e. The van der Waals surface area contributed by atoms with Crippen molar-refractivity contribution in [3.63, 3.8) is 0 Å². The van der Waals surface area contributed by atoms with Crippen LogP contribution < -0.4 is 17.2 Å². The number of hydrogen-bond acceptors (Lipinski definition) is 24. The number of phosphoric acid groups is 2. The monoisotopic (exact) mass is 945 g/mol. The first-order chi connectivity index (χ1) is 30.1. The van der Waals surface area contributed by atoms with Gasteiger partial charge in [-0.2, -0.15) is 0 Å². The number of alkyl halides is 2. The Balaban J connectivity index is 0.913. The van der Waals surface area contributed by atoms with Gasteiger partial charge in [-0.3, -0.25) is 31.8 Å². The standard InChI is InChI=1S/C30H35ClFN15O14P2/c31-13-14(32)11(58-28(13)45-7-42-15-22(33)36-4-39-25(15)45)2-55-62(51,52)61-21-19(50)12(59-30(21)47-9-44-17-24(35)38-6-41-27(17)47)3-56-63(53,54)60-20-18(49)10(1-48)57-29(20)46-8-43-16-23(34)37-5-40-26(16)46/h4-14,18-21,28-30,48-50H,1-3H2,(H,51,52)(H,53,54)(H2,33,36,39)(H2,34,37,40)(H2,35,38,41). The summed E-state index contributed by atoms with van der Waals surface area (Å²) in [5, 5.41) is 31.0. The molecule has 0 amide bonds. The number of phosphoric ester groups is 2. The average Bonchev–Trinajstić information content (AvgIpc) is 4.11. The van der Waals surface area contributed by atoms with Crippen molar-refractivity contribution < 1.29 is 70.9 Å². The number of imidazole rings is 3. The second-order valence-corrected chi connectivity index (χ2v) is 17.5. The van der Waals surface area contributed by atoms with Gasteiger partial charge >= 0.3 is 15.6 Å². The van der Waals surface area contributed by atoms with Crippen LogP contribution in [0.4, 0.5) is 21.8 Å². The Hall–Kier alpha value is -4.75. The van der Waals surface area contributed by atoms with E-state index in [1.165, 1.54) is 26.4 Å². The first-order valence-corrected chi connectivity index (χ1v) is 21.8. The van der Waals surface area contributed by atoms with E-state index in [9.17, 15) is 34.2 Å². The SMILES string of the molecule is Nc1ncnc2c1ncn2C1OC(COP(=O)(O)OC2C(O)C(COP(=O)(O)OC3C(O)C(CO)OC3n3cnc4c(N)ncnc43)OC2n2cnc3c(N)ncnc32)C(F)C1Cl. The number of ether oxygens (including phenoxy) is 3. The van der Waals surface area contributed by atoms with Crippen LogP contribution in [0, 0.1) is 0 Å². The summed E-state index contributed by atoms with van der Waals surface area (Å²) < 4.78 is 84.9. The van der Waals surface area contributed by atoms with Crippen LogP contribution in [0.5, 0.6) is 0 Å². The minimum atomic E-state index is -5.31. The lowest BCUT2D eigenvalue weighted by molar-refractivity contribution is -0.0627. The predicted molar refractivity (Wildman–Crippen MR) is 206 cm³/mol. The molecule has 0 spiro atoms. The van der Waals surface area contributed by atoms with Crippen molar-refractivity contribution in [2.24, 2.45) is 0 Å². The Morgan fingerprint density at radius 3 is 1.46 bits per heavy atom. The minimum absolute atomic E-state index is 0.00115. The van der Waals surface area contributed by atoms with Gasteiger partial charge in [0.1, 0.15) is 89.8 Å². The Bertz CT molecular complexity index is 2760. The van der Waals surface area contributed by atoms with Crippen molar-refractivity contribution in [2.45, 2.75) is 73.0 Å². The number of anilines is 3. The lowest BCUT2D eigenvalue weighted by Gasteiger charge is -2.25. The summed E-state index contributed by atoms with van der Waals surface area (Å²) in [7, 11) is -10.6. The second kappa shape index (κ2) is 16.7. The van der Waals surface area contributed by atoms with E-state index < -0.39 is 108 Å². The van der Waals surface area contributed by atoms with Gasteiger partial charge in [0.15, 0.2) is 53.1 Å². The molecular formula is C30H35ClFN15O14P2. The molecule has 29 nitrogen and oxygen atoms in total. The molecule has 6 aromatic rings. The molecule has 63 heavy (non-hydrogen) atoms. The number of aromatic nitrogens is 12. The zero-order valence-electron chi connectivity index (χ0n) is 31.7. The molecule has 33 heteroatoms. The summed E-state index contributed by atoms with van der Waals surface area (Å²) in [6, 6.07) is 0. The molecule has 9 rings (SSSR count). The smallest absolute Gasteiger partial charge is 0.394 e. The molecule has 3 saturated heterocycles. The van der Waals surface area contributed by atoms with E-state index in [1.54, 1.807) is 0 Å². The molecule has 0 aromatic carbocycles. The molecule has 6 aromatic heterocycles. The largest absolute Gasteiger partial charge is 0.472 e. The first-order valence-electron chi connectivity index (χ1n) is 18.4. The maximum Gasteiger partial charge on any atom is 0.472 e. The van der Waals surface area contributed by atoms with Gasteiger partial charge in [0, 0.05) is 0 Å². The summed E-state index contributed by atoms with van der Waals surface area (Å²) in [5.74, 6) is -0.00783. The number of halogens is 2. The van der Waals surface area contributed by atoms with Crippen molar-refractivity contribution in [3.05, 3.63) is 38.0 Å². The molecule has 3 fully saturated rings. The Labute approximate surface area is 355 Å². The van der Waals surface area contributed by atoms with Crippen molar-refractivity contribution in [1.82, 2.24) is 58.6 Å². The lowest BCUT2D eigenvalue weighted by atomic mass is 10.1. The van der Waals surface area contributed by atoms with Crippen LogP contribution in [0.25, 0.3) is 33.5 Å². The van der Waals surface area contributed by atoms with Gasteiger partial charge in [-0.05, 0) is 0 Å². The third-order valence-electron chi connectivity index (χ3n) is 10.3. The number of fused-ring (bicyclic) bond motifs is 3. The molecule has 0 aliphatic carbocycles. The molecular weight excluding hydrogens is 911 g/mol. The van der Waals surface area contributed by atoms with Gasteiger partial charge in [0.05, 0.1) is 38.8 Å². The van der Waals surface area contributed by atoms with Gasteiger partial charge in [-0.15, -0.1) is 11.6 Å². The maximum atomic E-state index is 15.5. The molecule has 14 unspecified atom stereocenters. The Morgan fingerprint density at radius 1 is 0.635 bits per heavy atom. The fourth-order valence-corrected chi connectivity index (χ4v) is 9.52. The van der Waals surface area contributed by atoms with Crippen LogP contribution in [-0.2, 0) is 41.4 Å². The summed E-state index contributed by atoms with van der Waals surface area (Å²) >= 11 is 6.38. The van der Waals surface area contributed by atoms with E-state index in [2.05, 4.69) is 44.9 Å². The zero-order chi connectivity index (χ0) is 44.5. The Kier molecular flexibility index (Phi) is 11.5. The normalized spacial score (nSPS) is 31.9. The molecule has 9 heterocycles. The highest BCUT2D eigenvalue weighted by Crippen LogP contribution is 2.53. The fraction of sp³-hybridized carbons (Fsp3) is 0.500. The zero-order valence-corrected chi connectivity index (χ0v) is 34.2. The molecule has 0 bridgehead atoms. The van der Waals surface area contributed by atoms with E-state index in [4.69, 9.17) is 61.1 Å². The van der Waals surface area contributed by atoms with Crippen molar-refractivity contribution in [2.75, 3.05) is 37.0 Å². The molecule has 3 aliphatic heterocycles. The van der Waals surface area contributed by atoms with Crippen LogP contribution in [0.1, 0.15) is 18.7 Å². The Morgan fingerprint density at radius 2 is 1.02 bits per heavy atom. The van der Waals surface area contributed by atoms with E-state index in [-0.39, 0.29) is 50.9 Å². The predicted octanol–water partition coefficient (Wildman–Crippen LogP) is -1.39. The topological polar surface area (TPSA) is 409 Å². The third kappa shape index (κ3) is 7.95. The maximum absolute atomic E-state index is 15.5. The van der Waals surface area contributed by atoms with Crippen LogP contribution >= 0.6 is 27.2 Å². The second-order valence-electron chi connectivity index (χ2n) is 14.2. The number of nitrogens with two attached hydrogens (primary N) is 3. The number of rotatable bonds is 14. The highest BCUT2D eigenvalue weighted by Gasteiger charge is 2.53. The van der Waals surface area contributed by atoms with Gasteiger partial charge in [0.2, 0.25) is 0 Å². The van der Waals surface area contributed by atoms with E-state index in [1.807, 2.05) is 0 Å². The van der Waals surface area contributed by atoms with E-state index in [0.29, 0.717) is 0 Å². The molecule has 14 atom stereocenters. The molecule has 11 N–H and O–H groups in total. The number of nitrogens with zero attached hydrogens (tertiary/aromatic N) is 12. The molecule has 3 aliphatic rings. The quantitative estimate of drug-likeness (QED) is 0.0460. The first kappa shape index (κ1) is 43.5. The van der Waals surface area contributed by atoms with Crippen LogP contribution in [0.3, 0.4) is 0 Å². The highest BCUT2D eigenvalue weighted by molar-refractivity contribution is 7.47. The highest BCUT2D eigenvalue weighted by atomic mass is 35.5. The van der Waals surface area contributed by atoms with Crippen molar-refractivity contribution >= 4 is 78.2 Å². The van der Waals surface area contributed by atoms with Crippen LogP contribution in [0.2, 0.25) is 0 Å². The summed E-state index contributed by atoms with van der Waals surface area (Å²) in [6.45, 7) is -2.59. The number of hydrogen-bond donors (Lipinski definition) is 8. The lowest BCUT2D eigenvalue weighted by Crippen LogP contribution is -2.36. The van der Waals surface area contributed by atoms with E-state index >= 15 is 4.39 Å². The fourth-order valence-electron chi connectivity index (χ4n) is 7.31. The van der Waals surface area contributed by atoms with Gasteiger partial charge < -0.3 is 56.5 Å². The number of aliphatic hydroxyl groups is 3. The van der Waals surface area contributed by atoms with Gasteiger partial charge in [0.25, 0.3) is 0 Å². The van der Waals surface area contributed by atoms with Crippen molar-refractivity contribution in [1.29, 1.82) is 0 Å². The third-order valence-corrected chi connectivity index (χ3v) is 12.8. The van der Waals surface area contributed by atoms with E-state index in [0.717, 1.165) is 25.3 Å². The molecule has 0 saturated carbocycles. The summed E-state index contributed by atoms with van der Waals surface area (Å²) in [4.78, 5) is 58.2. The van der Waals surface area contributed by atoms with Crippen LogP contribution in [-0.4, -0.2) is 158 Å². The van der Waals surface area contributed by atoms with Gasteiger partial charge in [-0.1, -0.05) is 0 Å². The summed E-state index contributed by atoms with van der Waals surface area (Å²) in [5.41, 5.74) is 18.4. The average molecular weight is 946 g/mol. The number of nitrogen functional groups attached to an aromatic ring is 3. The molecule has 338 valence electrons. The van der Waals surface area contributed by atoms with Crippen LogP contribution in [0.15, 0.2) is 38.0 Å².